The van der Waals surface area contributed by atoms with Crippen LogP contribution in [0.5, 0.6) is 0 Å². The number of nitrogens with zero attached hydrogens (tertiary/aromatic N) is 1. The topological polar surface area (TPSA) is 20.3 Å². The van der Waals surface area contributed by atoms with E-state index in [2.05, 4.69) is 0 Å². The van der Waals surface area contributed by atoms with E-state index in [0.717, 1.165) is 10.5 Å². The zero-order valence-corrected chi connectivity index (χ0v) is 13.1. The molecule has 2 aromatic rings. The van der Waals surface area contributed by atoms with Crippen molar-refractivity contribution in [2.24, 2.45) is 0 Å². The number of rotatable bonds is 6. The van der Waals surface area contributed by atoms with Crippen molar-refractivity contribution in [1.29, 1.82) is 0 Å². The average molecular weight is 321 g/mol. The van der Waals surface area contributed by atoms with Crippen molar-refractivity contribution in [2.45, 2.75) is 17.9 Å². The number of carbonyl (C=O) groups is 1. The first kappa shape index (κ1) is 16.5. The normalized spacial score (nSPS) is 10.5. The van der Waals surface area contributed by atoms with Gasteiger partial charge in [0.15, 0.2) is 0 Å². The van der Waals surface area contributed by atoms with Crippen LogP contribution in [0.4, 0.5) is 8.78 Å². The summed E-state index contributed by atoms with van der Waals surface area (Å²) in [5.41, 5.74) is 0.892. The largest absolute Gasteiger partial charge is 0.341 e. The number of hydrogen-bond acceptors (Lipinski definition) is 2. The van der Waals surface area contributed by atoms with Crippen LogP contribution in [-0.2, 0) is 11.3 Å². The van der Waals surface area contributed by atoms with Crippen molar-refractivity contribution in [2.75, 3.05) is 12.8 Å². The molecule has 0 aliphatic carbocycles. The second-order valence-corrected chi connectivity index (χ2v) is 6.10. The van der Waals surface area contributed by atoms with Crippen LogP contribution in [0.2, 0.25) is 0 Å². The van der Waals surface area contributed by atoms with Gasteiger partial charge in [0.1, 0.15) is 11.6 Å². The van der Waals surface area contributed by atoms with Crippen LogP contribution in [0.25, 0.3) is 0 Å². The van der Waals surface area contributed by atoms with E-state index in [1.165, 1.54) is 36.0 Å². The Labute approximate surface area is 133 Å². The molecule has 0 aromatic heterocycles. The van der Waals surface area contributed by atoms with Crippen molar-refractivity contribution in [3.8, 4) is 0 Å². The van der Waals surface area contributed by atoms with Crippen molar-refractivity contribution < 1.29 is 13.6 Å². The number of thioether (sulfide) groups is 1. The lowest BCUT2D eigenvalue weighted by atomic mass is 10.2. The summed E-state index contributed by atoms with van der Waals surface area (Å²) < 4.78 is 25.6. The molecule has 0 spiro atoms. The Balaban J connectivity index is 1.76. The van der Waals surface area contributed by atoms with Gasteiger partial charge in [-0.05, 0) is 42.0 Å². The molecule has 0 radical (unpaired) electrons. The Hall–Kier alpha value is -1.88. The first-order valence-electron chi connectivity index (χ1n) is 6.91. The highest BCUT2D eigenvalue weighted by Gasteiger charge is 2.09. The lowest BCUT2D eigenvalue weighted by Crippen LogP contribution is -2.26. The third kappa shape index (κ3) is 5.15. The molecule has 0 bridgehead atoms. The van der Waals surface area contributed by atoms with Crippen LogP contribution in [0.15, 0.2) is 53.4 Å². The average Bonchev–Trinajstić information content (AvgIpc) is 2.51. The minimum Gasteiger partial charge on any atom is -0.341 e. The van der Waals surface area contributed by atoms with Gasteiger partial charge in [0.2, 0.25) is 5.91 Å². The molecule has 5 heteroatoms. The Morgan fingerprint density at radius 2 is 1.55 bits per heavy atom. The summed E-state index contributed by atoms with van der Waals surface area (Å²) in [5.74, 6) is 0.116. The van der Waals surface area contributed by atoms with E-state index in [-0.39, 0.29) is 17.5 Å². The molecule has 1 amide bonds. The smallest absolute Gasteiger partial charge is 0.223 e. The third-order valence-electron chi connectivity index (χ3n) is 3.16. The standard InChI is InChI=1S/C17H17F2NOS/c1-20(12-13-2-4-14(18)5-3-13)17(21)10-11-22-16-8-6-15(19)7-9-16/h2-9H,10-12H2,1H3. The van der Waals surface area contributed by atoms with Gasteiger partial charge in [-0.3, -0.25) is 4.79 Å². The molecule has 0 saturated carbocycles. The van der Waals surface area contributed by atoms with E-state index in [4.69, 9.17) is 0 Å². The van der Waals surface area contributed by atoms with Crippen LogP contribution < -0.4 is 0 Å². The van der Waals surface area contributed by atoms with Crippen molar-refractivity contribution >= 4 is 17.7 Å². The van der Waals surface area contributed by atoms with Crippen LogP contribution in [0, 0.1) is 11.6 Å². The molecule has 2 rings (SSSR count). The summed E-state index contributed by atoms with van der Waals surface area (Å²) in [6.07, 6.45) is 0.403. The molecule has 0 aliphatic heterocycles. The fourth-order valence-corrected chi connectivity index (χ4v) is 2.77. The molecule has 0 saturated heterocycles. The fourth-order valence-electron chi connectivity index (χ4n) is 1.93. The van der Waals surface area contributed by atoms with E-state index < -0.39 is 0 Å². The number of amides is 1. The maximum atomic E-state index is 12.8. The maximum absolute atomic E-state index is 12.8. The highest BCUT2D eigenvalue weighted by Crippen LogP contribution is 2.19. The Morgan fingerprint density at radius 3 is 2.14 bits per heavy atom. The van der Waals surface area contributed by atoms with Crippen molar-refractivity contribution in [1.82, 2.24) is 4.90 Å². The van der Waals surface area contributed by atoms with Gasteiger partial charge in [0, 0.05) is 30.7 Å². The van der Waals surface area contributed by atoms with Crippen molar-refractivity contribution in [3.63, 3.8) is 0 Å². The van der Waals surface area contributed by atoms with Gasteiger partial charge in [-0.1, -0.05) is 12.1 Å². The van der Waals surface area contributed by atoms with Crippen LogP contribution >= 0.6 is 11.8 Å². The lowest BCUT2D eigenvalue weighted by Gasteiger charge is -2.17. The predicted molar refractivity (Wildman–Crippen MR) is 84.6 cm³/mol. The van der Waals surface area contributed by atoms with Gasteiger partial charge >= 0.3 is 0 Å². The zero-order chi connectivity index (χ0) is 15.9. The third-order valence-corrected chi connectivity index (χ3v) is 4.17. The van der Waals surface area contributed by atoms with Gasteiger partial charge in [0.05, 0.1) is 0 Å². The monoisotopic (exact) mass is 321 g/mol. The van der Waals surface area contributed by atoms with Gasteiger partial charge in [-0.25, -0.2) is 8.78 Å². The summed E-state index contributed by atoms with van der Waals surface area (Å²) in [7, 11) is 1.73. The minimum atomic E-state index is -0.284. The lowest BCUT2D eigenvalue weighted by molar-refractivity contribution is -0.129. The van der Waals surface area contributed by atoms with Crippen molar-refractivity contribution in [3.05, 3.63) is 65.7 Å². The molecule has 0 aliphatic rings. The number of carbonyl (C=O) groups excluding carboxylic acids is 1. The predicted octanol–water partition coefficient (Wildman–Crippen LogP) is 4.11. The van der Waals surface area contributed by atoms with Crippen LogP contribution in [-0.4, -0.2) is 23.6 Å². The summed E-state index contributed by atoms with van der Waals surface area (Å²) >= 11 is 1.52. The summed E-state index contributed by atoms with van der Waals surface area (Å²) in [4.78, 5) is 14.6. The van der Waals surface area contributed by atoms with E-state index in [1.807, 2.05) is 0 Å². The molecule has 0 fully saturated rings. The van der Waals surface area contributed by atoms with Gasteiger partial charge in [-0.2, -0.15) is 0 Å². The summed E-state index contributed by atoms with van der Waals surface area (Å²) in [6.45, 7) is 0.459. The molecular weight excluding hydrogens is 304 g/mol. The quantitative estimate of drug-likeness (QED) is 0.747. The SMILES string of the molecule is CN(Cc1ccc(F)cc1)C(=O)CCSc1ccc(F)cc1. The van der Waals surface area contributed by atoms with E-state index in [1.54, 1.807) is 36.2 Å². The minimum absolute atomic E-state index is 0.0268. The Bertz CT molecular complexity index is 614. The van der Waals surface area contributed by atoms with Crippen LogP contribution in [0.1, 0.15) is 12.0 Å². The summed E-state index contributed by atoms with van der Waals surface area (Å²) in [6, 6.07) is 12.3. The summed E-state index contributed by atoms with van der Waals surface area (Å²) in [5, 5.41) is 0. The highest BCUT2D eigenvalue weighted by molar-refractivity contribution is 7.99. The van der Waals surface area contributed by atoms with Gasteiger partial charge in [-0.15, -0.1) is 11.8 Å². The first-order chi connectivity index (χ1) is 10.5. The zero-order valence-electron chi connectivity index (χ0n) is 12.3. The molecule has 0 atom stereocenters. The molecular formula is C17H17F2NOS. The Kier molecular flexibility index (Phi) is 5.95. The number of hydrogen-bond donors (Lipinski definition) is 0. The van der Waals surface area contributed by atoms with Gasteiger partial charge < -0.3 is 4.90 Å². The molecule has 22 heavy (non-hydrogen) atoms. The second-order valence-electron chi connectivity index (χ2n) is 4.93. The van der Waals surface area contributed by atoms with E-state index >= 15 is 0 Å². The molecule has 2 aromatic carbocycles. The highest BCUT2D eigenvalue weighted by atomic mass is 32.2. The molecule has 2 nitrogen and oxygen atoms in total. The molecule has 0 N–H and O–H groups in total. The molecule has 116 valence electrons. The van der Waals surface area contributed by atoms with Crippen LogP contribution in [0.3, 0.4) is 0 Å². The second kappa shape index (κ2) is 7.94. The molecule has 0 unspecified atom stereocenters. The Morgan fingerprint density at radius 1 is 1.00 bits per heavy atom. The fraction of sp³-hybridized carbons (Fsp3) is 0.235. The first-order valence-corrected chi connectivity index (χ1v) is 7.90. The number of halogens is 2. The van der Waals surface area contributed by atoms with E-state index in [0.29, 0.717) is 18.7 Å². The number of benzene rings is 2. The molecule has 0 heterocycles. The van der Waals surface area contributed by atoms with Gasteiger partial charge in [0.25, 0.3) is 0 Å². The maximum Gasteiger partial charge on any atom is 0.223 e. The van der Waals surface area contributed by atoms with E-state index in [9.17, 15) is 13.6 Å².